The van der Waals surface area contributed by atoms with Crippen LogP contribution in [0.15, 0.2) is 18.2 Å². The fourth-order valence-electron chi connectivity index (χ4n) is 3.82. The number of benzene rings is 1. The summed E-state index contributed by atoms with van der Waals surface area (Å²) >= 11 is 2.43. The Morgan fingerprint density at radius 1 is 1.24 bits per heavy atom. The molecule has 1 aromatic rings. The predicted octanol–water partition coefficient (Wildman–Crippen LogP) is 3.70. The second kappa shape index (κ2) is 4.54. The third kappa shape index (κ3) is 2.26. The van der Waals surface area contributed by atoms with E-state index >= 15 is 0 Å². The fraction of sp³-hybridized carbons (Fsp3) is 0.600. The van der Waals surface area contributed by atoms with Crippen LogP contribution in [-0.4, -0.2) is 5.54 Å². The zero-order valence-electron chi connectivity index (χ0n) is 10.5. The highest BCUT2D eigenvalue weighted by Crippen LogP contribution is 2.39. The van der Waals surface area contributed by atoms with Crippen LogP contribution in [-0.2, 0) is 0 Å². The van der Waals surface area contributed by atoms with Crippen molar-refractivity contribution in [3.05, 3.63) is 27.3 Å². The van der Waals surface area contributed by atoms with Gasteiger partial charge in [0.05, 0.1) is 0 Å². The number of rotatable bonds is 0. The van der Waals surface area contributed by atoms with E-state index in [2.05, 4.69) is 53.0 Å². The summed E-state index contributed by atoms with van der Waals surface area (Å²) < 4.78 is 1.38. The Morgan fingerprint density at radius 2 is 2.00 bits per heavy atom. The van der Waals surface area contributed by atoms with Gasteiger partial charge in [-0.15, -0.1) is 0 Å². The van der Waals surface area contributed by atoms with Crippen molar-refractivity contribution in [2.45, 2.75) is 56.9 Å². The topological polar surface area (TPSA) is 16.6 Å². The van der Waals surface area contributed by atoms with Crippen LogP contribution in [0.4, 0.5) is 5.69 Å². The van der Waals surface area contributed by atoms with E-state index in [0.29, 0.717) is 5.54 Å². The summed E-state index contributed by atoms with van der Waals surface area (Å²) in [5.74, 6) is 0.739. The fourth-order valence-corrected chi connectivity index (χ4v) is 4.33. The molecule has 1 fully saturated rings. The van der Waals surface area contributed by atoms with Crippen molar-refractivity contribution in [2.24, 2.45) is 0 Å². The molecule has 17 heavy (non-hydrogen) atoms. The molecule has 1 nitrogen and oxygen atoms in total. The standard InChI is InChI=1S/C15H20IN/c1-11-10-15(7-3-2-4-8-15)17-14-6-5-12(16)9-13(11)14/h5-6,9,11,17H,2-4,7-8,10H2,1H3/p+1. The Labute approximate surface area is 118 Å². The summed E-state index contributed by atoms with van der Waals surface area (Å²) in [5.41, 5.74) is 3.64. The van der Waals surface area contributed by atoms with Gasteiger partial charge in [0.15, 0.2) is 0 Å². The molecule has 0 aromatic heterocycles. The van der Waals surface area contributed by atoms with Crippen molar-refractivity contribution in [3.8, 4) is 0 Å². The molecule has 1 aliphatic heterocycles. The molecule has 1 aromatic carbocycles. The van der Waals surface area contributed by atoms with Crippen LogP contribution >= 0.6 is 22.6 Å². The monoisotopic (exact) mass is 342 g/mol. The van der Waals surface area contributed by atoms with Gasteiger partial charge in [-0.1, -0.05) is 13.3 Å². The summed E-state index contributed by atoms with van der Waals surface area (Å²) in [4.78, 5) is 0. The molecule has 1 spiro atoms. The van der Waals surface area contributed by atoms with E-state index in [4.69, 9.17) is 0 Å². The van der Waals surface area contributed by atoms with E-state index in [1.54, 1.807) is 5.56 Å². The zero-order valence-corrected chi connectivity index (χ0v) is 12.7. The maximum atomic E-state index is 2.61. The van der Waals surface area contributed by atoms with Crippen LogP contribution in [0.3, 0.4) is 0 Å². The number of hydrogen-bond acceptors (Lipinski definition) is 0. The van der Waals surface area contributed by atoms with Gasteiger partial charge in [-0.25, -0.2) is 0 Å². The molecule has 0 bridgehead atoms. The minimum atomic E-state index is 0.539. The summed E-state index contributed by atoms with van der Waals surface area (Å²) in [7, 11) is 0. The van der Waals surface area contributed by atoms with Crippen LogP contribution in [0.5, 0.6) is 0 Å². The zero-order chi connectivity index (χ0) is 11.9. The number of halogens is 1. The van der Waals surface area contributed by atoms with Crippen molar-refractivity contribution >= 4 is 28.3 Å². The van der Waals surface area contributed by atoms with Gasteiger partial charge in [-0.2, -0.15) is 0 Å². The lowest BCUT2D eigenvalue weighted by atomic mass is 9.72. The van der Waals surface area contributed by atoms with Gasteiger partial charge in [0, 0.05) is 34.5 Å². The molecule has 0 radical (unpaired) electrons. The first-order chi connectivity index (χ1) is 8.19. The van der Waals surface area contributed by atoms with Crippen molar-refractivity contribution in [1.82, 2.24) is 0 Å². The van der Waals surface area contributed by atoms with Crippen LogP contribution in [0.25, 0.3) is 0 Å². The molecule has 2 heteroatoms. The van der Waals surface area contributed by atoms with E-state index in [1.165, 1.54) is 47.8 Å². The van der Waals surface area contributed by atoms with Gasteiger partial charge in [0.2, 0.25) is 0 Å². The van der Waals surface area contributed by atoms with Gasteiger partial charge in [0.1, 0.15) is 11.2 Å². The molecule has 0 saturated heterocycles. The summed E-state index contributed by atoms with van der Waals surface area (Å²) in [6.45, 7) is 2.41. The molecule has 0 amide bonds. The SMILES string of the molecule is CC1CC2(CCCCC2)[NH2+]c2ccc(I)cc21. The Kier molecular flexibility index (Phi) is 3.20. The van der Waals surface area contributed by atoms with Crippen LogP contribution < -0.4 is 5.32 Å². The lowest BCUT2D eigenvalue weighted by Gasteiger charge is -2.41. The normalized spacial score (nSPS) is 26.8. The molecule has 1 unspecified atom stereocenters. The highest BCUT2D eigenvalue weighted by molar-refractivity contribution is 14.1. The second-order valence-corrected chi connectivity index (χ2v) is 7.19. The third-order valence-electron chi connectivity index (χ3n) is 4.60. The van der Waals surface area contributed by atoms with Crippen LogP contribution in [0.2, 0.25) is 0 Å². The number of quaternary nitrogens is 1. The van der Waals surface area contributed by atoms with Gasteiger partial charge in [-0.05, 0) is 53.5 Å². The Hall–Kier alpha value is -0.0900. The first-order valence-corrected chi connectivity index (χ1v) is 7.92. The lowest BCUT2D eigenvalue weighted by Crippen LogP contribution is -2.94. The number of nitrogens with two attached hydrogens (primary N) is 1. The predicted molar refractivity (Wildman–Crippen MR) is 79.6 cm³/mol. The van der Waals surface area contributed by atoms with Crippen LogP contribution in [0.1, 0.15) is 56.9 Å². The molecule has 2 aliphatic rings. The van der Waals surface area contributed by atoms with Gasteiger partial charge >= 0.3 is 0 Å². The van der Waals surface area contributed by atoms with Crippen molar-refractivity contribution in [3.63, 3.8) is 0 Å². The smallest absolute Gasteiger partial charge is 0.133 e. The molecule has 1 aliphatic carbocycles. The minimum Gasteiger partial charge on any atom is -0.309 e. The maximum Gasteiger partial charge on any atom is 0.133 e. The summed E-state index contributed by atoms with van der Waals surface area (Å²) in [5, 5.41) is 2.61. The van der Waals surface area contributed by atoms with E-state index in [1.807, 2.05) is 0 Å². The highest BCUT2D eigenvalue weighted by Gasteiger charge is 2.42. The Morgan fingerprint density at radius 3 is 2.76 bits per heavy atom. The van der Waals surface area contributed by atoms with Crippen molar-refractivity contribution in [2.75, 3.05) is 0 Å². The molecule has 2 N–H and O–H groups in total. The molecular formula is C15H21IN+. The molecule has 92 valence electrons. The number of fused-ring (bicyclic) bond motifs is 1. The lowest BCUT2D eigenvalue weighted by molar-refractivity contribution is -0.665. The average Bonchev–Trinajstić information content (AvgIpc) is 2.31. The maximum absolute atomic E-state index is 2.61. The van der Waals surface area contributed by atoms with Crippen molar-refractivity contribution < 1.29 is 5.32 Å². The highest BCUT2D eigenvalue weighted by atomic mass is 127. The van der Waals surface area contributed by atoms with Crippen LogP contribution in [0, 0.1) is 3.57 Å². The van der Waals surface area contributed by atoms with Gasteiger partial charge in [-0.3, -0.25) is 0 Å². The molecule has 1 heterocycles. The van der Waals surface area contributed by atoms with E-state index in [0.717, 1.165) is 5.92 Å². The van der Waals surface area contributed by atoms with E-state index in [-0.39, 0.29) is 0 Å². The largest absolute Gasteiger partial charge is 0.309 e. The second-order valence-electron chi connectivity index (χ2n) is 5.95. The first kappa shape index (κ1) is 12.0. The van der Waals surface area contributed by atoms with E-state index < -0.39 is 0 Å². The summed E-state index contributed by atoms with van der Waals surface area (Å²) in [6.07, 6.45) is 8.53. The molecular weight excluding hydrogens is 321 g/mol. The average molecular weight is 342 g/mol. The molecule has 1 atom stereocenters. The van der Waals surface area contributed by atoms with Gasteiger partial charge < -0.3 is 5.32 Å². The Bertz CT molecular complexity index is 421. The molecule has 3 rings (SSSR count). The first-order valence-electron chi connectivity index (χ1n) is 6.84. The quantitative estimate of drug-likeness (QED) is 0.547. The third-order valence-corrected chi connectivity index (χ3v) is 5.27. The summed E-state index contributed by atoms with van der Waals surface area (Å²) in [6, 6.07) is 6.97. The van der Waals surface area contributed by atoms with E-state index in [9.17, 15) is 0 Å². The minimum absolute atomic E-state index is 0.539. The van der Waals surface area contributed by atoms with Gasteiger partial charge in [0.25, 0.3) is 0 Å². The van der Waals surface area contributed by atoms with Crippen molar-refractivity contribution in [1.29, 1.82) is 0 Å². The number of hydrogen-bond donors (Lipinski definition) is 1. The molecule has 1 saturated carbocycles. The Balaban J connectivity index is 1.94.